The summed E-state index contributed by atoms with van der Waals surface area (Å²) in [6.45, 7) is 3.83. The van der Waals surface area contributed by atoms with Crippen LogP contribution in [0.15, 0.2) is 4.79 Å². The Morgan fingerprint density at radius 3 is 2.55 bits per heavy atom. The number of nitrogens with one attached hydrogen (secondary N) is 1. The first kappa shape index (κ1) is 7.71. The lowest BCUT2D eigenvalue weighted by atomic mass is 10.2. The van der Waals surface area contributed by atoms with Gasteiger partial charge in [0.2, 0.25) is 5.95 Å². The molecule has 0 radical (unpaired) electrons. The number of aromatic amines is 1. The molecule has 0 aliphatic carbocycles. The number of hydrogen-bond donors (Lipinski definition) is 2. The van der Waals surface area contributed by atoms with Gasteiger partial charge in [-0.05, 0) is 0 Å². The van der Waals surface area contributed by atoms with Gasteiger partial charge in [0.25, 0.3) is 0 Å². The summed E-state index contributed by atoms with van der Waals surface area (Å²) in [5.41, 5.74) is 4.81. The monoisotopic (exact) mass is 154 g/mol. The molecule has 5 nitrogen and oxygen atoms in total. The van der Waals surface area contributed by atoms with Crippen molar-refractivity contribution in [1.82, 2.24) is 15.0 Å². The second-order valence-electron chi connectivity index (χ2n) is 2.55. The maximum Gasteiger partial charge on any atom is 0.349 e. The van der Waals surface area contributed by atoms with Gasteiger partial charge < -0.3 is 5.73 Å². The molecule has 0 saturated heterocycles. The van der Waals surface area contributed by atoms with Crippen LogP contribution in [-0.4, -0.2) is 15.0 Å². The average Bonchev–Trinajstić information content (AvgIpc) is 1.85. The minimum absolute atomic E-state index is 0.0254. The Hall–Kier alpha value is -1.39. The number of hydrogen-bond acceptors (Lipinski definition) is 4. The fourth-order valence-corrected chi connectivity index (χ4v) is 0.691. The van der Waals surface area contributed by atoms with E-state index in [0.717, 1.165) is 0 Å². The summed E-state index contributed by atoms with van der Waals surface area (Å²) >= 11 is 0. The summed E-state index contributed by atoms with van der Waals surface area (Å²) in [6.07, 6.45) is 0. The maximum absolute atomic E-state index is 10.7. The molecule has 3 N–H and O–H groups in total. The molecule has 0 aliphatic heterocycles. The number of nitrogens with two attached hydrogens (primary N) is 1. The summed E-state index contributed by atoms with van der Waals surface area (Å²) in [5.74, 6) is 0.757. The summed E-state index contributed by atoms with van der Waals surface area (Å²) in [7, 11) is 0. The van der Waals surface area contributed by atoms with Crippen LogP contribution in [0.4, 0.5) is 5.95 Å². The van der Waals surface area contributed by atoms with E-state index in [0.29, 0.717) is 5.82 Å². The van der Waals surface area contributed by atoms with E-state index in [2.05, 4.69) is 15.0 Å². The van der Waals surface area contributed by atoms with E-state index in [-0.39, 0.29) is 11.9 Å². The lowest BCUT2D eigenvalue weighted by molar-refractivity contribution is 0.751. The van der Waals surface area contributed by atoms with Crippen LogP contribution in [-0.2, 0) is 0 Å². The average molecular weight is 154 g/mol. The van der Waals surface area contributed by atoms with E-state index < -0.39 is 5.69 Å². The molecule has 5 heteroatoms. The van der Waals surface area contributed by atoms with Gasteiger partial charge in [0, 0.05) is 5.92 Å². The normalized spacial score (nSPS) is 10.5. The number of anilines is 1. The van der Waals surface area contributed by atoms with Crippen molar-refractivity contribution in [2.75, 3.05) is 5.73 Å². The molecule has 1 aromatic rings. The van der Waals surface area contributed by atoms with Gasteiger partial charge >= 0.3 is 5.69 Å². The van der Waals surface area contributed by atoms with Crippen LogP contribution in [0, 0.1) is 0 Å². The Kier molecular flexibility index (Phi) is 1.89. The van der Waals surface area contributed by atoms with Gasteiger partial charge in [-0.1, -0.05) is 13.8 Å². The third kappa shape index (κ3) is 1.76. The van der Waals surface area contributed by atoms with Crippen molar-refractivity contribution < 1.29 is 0 Å². The van der Waals surface area contributed by atoms with E-state index in [4.69, 9.17) is 5.73 Å². The molecule has 1 aromatic heterocycles. The van der Waals surface area contributed by atoms with E-state index >= 15 is 0 Å². The Bertz CT molecular complexity index is 304. The van der Waals surface area contributed by atoms with Crippen LogP contribution in [0.2, 0.25) is 0 Å². The first-order valence-electron chi connectivity index (χ1n) is 3.33. The Labute approximate surface area is 63.7 Å². The quantitative estimate of drug-likeness (QED) is 0.590. The fraction of sp³-hybridized carbons (Fsp3) is 0.500. The predicted molar refractivity (Wildman–Crippen MR) is 41.2 cm³/mol. The minimum Gasteiger partial charge on any atom is -0.368 e. The third-order valence-corrected chi connectivity index (χ3v) is 1.23. The van der Waals surface area contributed by atoms with Gasteiger partial charge in [0.15, 0.2) is 0 Å². The van der Waals surface area contributed by atoms with Gasteiger partial charge in [-0.3, -0.25) is 4.98 Å². The predicted octanol–water partition coefficient (Wildman–Crippen LogP) is -0.130. The lowest BCUT2D eigenvalue weighted by Gasteiger charge is -2.01. The molecule has 0 atom stereocenters. The largest absolute Gasteiger partial charge is 0.368 e. The van der Waals surface area contributed by atoms with Crippen molar-refractivity contribution in [3.63, 3.8) is 0 Å². The zero-order chi connectivity index (χ0) is 8.43. The molecule has 1 rings (SSSR count). The number of aromatic nitrogens is 3. The smallest absolute Gasteiger partial charge is 0.349 e. The molecule has 60 valence electrons. The molecule has 1 heterocycles. The topological polar surface area (TPSA) is 84.7 Å². The molecule has 0 saturated carbocycles. The van der Waals surface area contributed by atoms with E-state index in [1.54, 1.807) is 0 Å². The highest BCUT2D eigenvalue weighted by Gasteiger charge is 2.02. The molecule has 0 aromatic carbocycles. The summed E-state index contributed by atoms with van der Waals surface area (Å²) in [6, 6.07) is 0. The summed E-state index contributed by atoms with van der Waals surface area (Å²) < 4.78 is 0. The molecule has 0 bridgehead atoms. The first-order chi connectivity index (χ1) is 5.09. The third-order valence-electron chi connectivity index (χ3n) is 1.23. The van der Waals surface area contributed by atoms with Gasteiger partial charge in [-0.15, -0.1) is 0 Å². The number of nitrogens with zero attached hydrogens (tertiary/aromatic N) is 2. The highest BCUT2D eigenvalue weighted by Crippen LogP contribution is 2.05. The van der Waals surface area contributed by atoms with E-state index in [1.165, 1.54) is 0 Å². The van der Waals surface area contributed by atoms with Crippen LogP contribution in [0.1, 0.15) is 25.6 Å². The van der Waals surface area contributed by atoms with Gasteiger partial charge in [-0.2, -0.15) is 9.97 Å². The van der Waals surface area contributed by atoms with Gasteiger partial charge in [-0.25, -0.2) is 4.79 Å². The van der Waals surface area contributed by atoms with Crippen LogP contribution >= 0.6 is 0 Å². The zero-order valence-corrected chi connectivity index (χ0v) is 6.46. The number of rotatable bonds is 1. The summed E-state index contributed by atoms with van der Waals surface area (Å²) in [5, 5.41) is 0. The van der Waals surface area contributed by atoms with E-state index in [1.807, 2.05) is 13.8 Å². The molecule has 0 spiro atoms. The van der Waals surface area contributed by atoms with Crippen molar-refractivity contribution >= 4 is 5.95 Å². The molecule has 0 aliphatic rings. The maximum atomic E-state index is 10.7. The van der Waals surface area contributed by atoms with E-state index in [9.17, 15) is 4.79 Å². The lowest BCUT2D eigenvalue weighted by Crippen LogP contribution is -2.18. The second kappa shape index (κ2) is 2.69. The van der Waals surface area contributed by atoms with Crippen molar-refractivity contribution in [1.29, 1.82) is 0 Å². The van der Waals surface area contributed by atoms with Crippen LogP contribution in [0.25, 0.3) is 0 Å². The highest BCUT2D eigenvalue weighted by atomic mass is 16.1. The molecular formula is C6H10N4O. The molecule has 0 amide bonds. The van der Waals surface area contributed by atoms with Crippen LogP contribution < -0.4 is 11.4 Å². The Morgan fingerprint density at radius 1 is 1.45 bits per heavy atom. The molecule has 0 fully saturated rings. The van der Waals surface area contributed by atoms with Crippen molar-refractivity contribution in [2.24, 2.45) is 0 Å². The second-order valence-corrected chi connectivity index (χ2v) is 2.55. The Balaban J connectivity index is 3.19. The van der Waals surface area contributed by atoms with Crippen molar-refractivity contribution in [2.45, 2.75) is 19.8 Å². The SMILES string of the molecule is CC(C)c1nc(N)nc(=O)[nH]1. The molecular weight excluding hydrogens is 144 g/mol. The molecule has 11 heavy (non-hydrogen) atoms. The first-order valence-corrected chi connectivity index (χ1v) is 3.33. The van der Waals surface area contributed by atoms with Crippen molar-refractivity contribution in [3.05, 3.63) is 16.3 Å². The van der Waals surface area contributed by atoms with Crippen molar-refractivity contribution in [3.8, 4) is 0 Å². The van der Waals surface area contributed by atoms with Gasteiger partial charge in [0.1, 0.15) is 5.82 Å². The molecule has 0 unspecified atom stereocenters. The Morgan fingerprint density at radius 2 is 2.09 bits per heavy atom. The van der Waals surface area contributed by atoms with Gasteiger partial charge in [0.05, 0.1) is 0 Å². The number of nitrogen functional groups attached to an aromatic ring is 1. The highest BCUT2D eigenvalue weighted by molar-refractivity contribution is 5.13. The number of H-pyrrole nitrogens is 1. The van der Waals surface area contributed by atoms with Crippen LogP contribution in [0.5, 0.6) is 0 Å². The standard InChI is InChI=1S/C6H10N4O/c1-3(2)4-8-5(7)10-6(11)9-4/h3H,1-2H3,(H3,7,8,9,10,11). The van der Waals surface area contributed by atoms with Crippen LogP contribution in [0.3, 0.4) is 0 Å². The minimum atomic E-state index is -0.443. The zero-order valence-electron chi connectivity index (χ0n) is 6.46. The fourth-order valence-electron chi connectivity index (χ4n) is 0.691. The summed E-state index contributed by atoms with van der Waals surface area (Å²) in [4.78, 5) is 20.4.